The topological polar surface area (TPSA) is 32.3 Å². The van der Waals surface area contributed by atoms with Crippen LogP contribution in [0.1, 0.15) is 0 Å². The highest BCUT2D eigenvalue weighted by Gasteiger charge is 2.11. The fourth-order valence-electron chi connectivity index (χ4n) is 0.481. The SMILES string of the molecule is CNC(=O)N(C)CC(F)F. The maximum absolute atomic E-state index is 11.6. The first kappa shape index (κ1) is 9.13. The lowest BCUT2D eigenvalue weighted by Gasteiger charge is -2.14. The second-order valence-electron chi connectivity index (χ2n) is 1.83. The minimum absolute atomic E-state index is 0.500. The smallest absolute Gasteiger partial charge is 0.317 e. The number of urea groups is 1. The Balaban J connectivity index is 3.61. The van der Waals surface area contributed by atoms with Crippen LogP contribution >= 0.6 is 0 Å². The van der Waals surface area contributed by atoms with Crippen LogP contribution in [0.2, 0.25) is 0 Å². The van der Waals surface area contributed by atoms with E-state index in [2.05, 4.69) is 5.32 Å². The molecule has 0 bridgehead atoms. The molecule has 0 radical (unpaired) electrons. The van der Waals surface area contributed by atoms with Crippen molar-refractivity contribution in [3.8, 4) is 0 Å². The Morgan fingerprint density at radius 2 is 2.20 bits per heavy atom. The lowest BCUT2D eigenvalue weighted by atomic mass is 10.6. The van der Waals surface area contributed by atoms with Gasteiger partial charge in [-0.1, -0.05) is 0 Å². The van der Waals surface area contributed by atoms with Gasteiger partial charge in [0.1, 0.15) is 0 Å². The van der Waals surface area contributed by atoms with E-state index in [1.807, 2.05) is 0 Å². The maximum Gasteiger partial charge on any atom is 0.317 e. The lowest BCUT2D eigenvalue weighted by molar-refractivity contribution is 0.108. The number of hydrogen-bond acceptors (Lipinski definition) is 1. The molecular weight excluding hydrogens is 142 g/mol. The summed E-state index contributed by atoms with van der Waals surface area (Å²) < 4.78 is 23.1. The van der Waals surface area contributed by atoms with Crippen LogP contribution in [0.5, 0.6) is 0 Å². The summed E-state index contributed by atoms with van der Waals surface area (Å²) in [7, 11) is 2.70. The van der Waals surface area contributed by atoms with Crippen LogP contribution < -0.4 is 5.32 Å². The van der Waals surface area contributed by atoms with Gasteiger partial charge in [0.2, 0.25) is 0 Å². The van der Waals surface area contributed by atoms with Gasteiger partial charge in [-0.3, -0.25) is 0 Å². The molecule has 5 heteroatoms. The van der Waals surface area contributed by atoms with Crippen molar-refractivity contribution in [2.24, 2.45) is 0 Å². The van der Waals surface area contributed by atoms with Gasteiger partial charge >= 0.3 is 6.03 Å². The number of carbonyl (C=O) groups excluding carboxylic acids is 1. The fourth-order valence-corrected chi connectivity index (χ4v) is 0.481. The van der Waals surface area contributed by atoms with E-state index in [0.29, 0.717) is 0 Å². The molecule has 0 aromatic heterocycles. The monoisotopic (exact) mass is 152 g/mol. The molecule has 0 atom stereocenters. The summed E-state index contributed by atoms with van der Waals surface area (Å²) in [5, 5.41) is 2.22. The quantitative estimate of drug-likeness (QED) is 0.614. The van der Waals surface area contributed by atoms with Gasteiger partial charge in [-0.25, -0.2) is 13.6 Å². The standard InChI is InChI=1S/C5H10F2N2O/c1-8-5(10)9(2)3-4(6)7/h4H,3H2,1-2H3,(H,8,10). The van der Waals surface area contributed by atoms with E-state index in [1.54, 1.807) is 0 Å². The van der Waals surface area contributed by atoms with Gasteiger partial charge in [0.15, 0.2) is 0 Å². The Morgan fingerprint density at radius 3 is 2.50 bits per heavy atom. The van der Waals surface area contributed by atoms with Crippen molar-refractivity contribution in [2.45, 2.75) is 6.43 Å². The zero-order valence-electron chi connectivity index (χ0n) is 5.90. The largest absolute Gasteiger partial charge is 0.341 e. The molecule has 2 amide bonds. The second kappa shape index (κ2) is 4.03. The molecule has 0 heterocycles. The first-order valence-electron chi connectivity index (χ1n) is 2.79. The summed E-state index contributed by atoms with van der Waals surface area (Å²) in [6.07, 6.45) is -2.47. The number of rotatable bonds is 2. The van der Waals surface area contributed by atoms with Gasteiger partial charge in [0.25, 0.3) is 6.43 Å². The number of amides is 2. The zero-order valence-corrected chi connectivity index (χ0v) is 5.90. The fraction of sp³-hybridized carbons (Fsp3) is 0.800. The van der Waals surface area contributed by atoms with Crippen molar-refractivity contribution >= 4 is 6.03 Å². The predicted octanol–water partition coefficient (Wildman–Crippen LogP) is 0.523. The highest BCUT2D eigenvalue weighted by molar-refractivity contribution is 5.73. The molecule has 0 aliphatic rings. The Hall–Kier alpha value is -0.870. The number of nitrogens with zero attached hydrogens (tertiary/aromatic N) is 1. The number of hydrogen-bond donors (Lipinski definition) is 1. The third-order valence-electron chi connectivity index (χ3n) is 0.972. The minimum Gasteiger partial charge on any atom is -0.341 e. The van der Waals surface area contributed by atoms with Crippen LogP contribution in [0.15, 0.2) is 0 Å². The van der Waals surface area contributed by atoms with Crippen molar-refractivity contribution in [1.82, 2.24) is 10.2 Å². The Labute approximate surface area is 58.0 Å². The molecule has 0 aromatic rings. The van der Waals surface area contributed by atoms with E-state index in [-0.39, 0.29) is 0 Å². The zero-order chi connectivity index (χ0) is 8.15. The van der Waals surface area contributed by atoms with Crippen LogP contribution in [0, 0.1) is 0 Å². The van der Waals surface area contributed by atoms with E-state index in [4.69, 9.17) is 0 Å². The first-order valence-corrected chi connectivity index (χ1v) is 2.79. The van der Waals surface area contributed by atoms with Crippen LogP contribution in [0.25, 0.3) is 0 Å². The van der Waals surface area contributed by atoms with Gasteiger partial charge in [0.05, 0.1) is 6.54 Å². The summed E-state index contributed by atoms with van der Waals surface area (Å²) in [6.45, 7) is -0.528. The molecule has 0 unspecified atom stereocenters. The average molecular weight is 152 g/mol. The minimum atomic E-state index is -2.47. The van der Waals surface area contributed by atoms with Crippen molar-refractivity contribution in [3.05, 3.63) is 0 Å². The molecule has 3 nitrogen and oxygen atoms in total. The van der Waals surface area contributed by atoms with Gasteiger partial charge < -0.3 is 10.2 Å². The van der Waals surface area contributed by atoms with Gasteiger partial charge in [-0.15, -0.1) is 0 Å². The maximum atomic E-state index is 11.6. The molecule has 60 valence electrons. The number of halogens is 2. The predicted molar refractivity (Wildman–Crippen MR) is 33.1 cm³/mol. The highest BCUT2D eigenvalue weighted by atomic mass is 19.3. The lowest BCUT2D eigenvalue weighted by Crippen LogP contribution is -2.37. The van der Waals surface area contributed by atoms with E-state index in [0.717, 1.165) is 4.90 Å². The first-order chi connectivity index (χ1) is 4.57. The summed E-state index contributed by atoms with van der Waals surface area (Å²) in [6, 6.07) is -0.500. The molecular formula is C5H10F2N2O. The normalized spacial score (nSPS) is 9.70. The van der Waals surface area contributed by atoms with Crippen molar-refractivity contribution in [2.75, 3.05) is 20.6 Å². The van der Waals surface area contributed by atoms with E-state index in [9.17, 15) is 13.6 Å². The van der Waals surface area contributed by atoms with Gasteiger partial charge in [-0.2, -0.15) is 0 Å². The number of alkyl halides is 2. The van der Waals surface area contributed by atoms with Crippen LogP contribution in [-0.2, 0) is 0 Å². The third kappa shape index (κ3) is 3.21. The third-order valence-corrected chi connectivity index (χ3v) is 0.972. The molecule has 1 N–H and O–H groups in total. The Kier molecular flexibility index (Phi) is 3.68. The van der Waals surface area contributed by atoms with Gasteiger partial charge in [0, 0.05) is 14.1 Å². The number of nitrogens with one attached hydrogen (secondary N) is 1. The molecule has 0 aromatic carbocycles. The van der Waals surface area contributed by atoms with Crippen LogP contribution in [-0.4, -0.2) is 38.0 Å². The van der Waals surface area contributed by atoms with Crippen molar-refractivity contribution in [1.29, 1.82) is 0 Å². The summed E-state index contributed by atoms with van der Waals surface area (Å²) in [5.41, 5.74) is 0. The van der Waals surface area contributed by atoms with Crippen molar-refractivity contribution < 1.29 is 13.6 Å². The molecule has 0 saturated heterocycles. The highest BCUT2D eigenvalue weighted by Crippen LogP contribution is 1.94. The van der Waals surface area contributed by atoms with E-state index in [1.165, 1.54) is 14.1 Å². The molecule has 10 heavy (non-hydrogen) atoms. The Morgan fingerprint density at radius 1 is 1.70 bits per heavy atom. The molecule has 0 fully saturated rings. The van der Waals surface area contributed by atoms with E-state index >= 15 is 0 Å². The molecule has 0 aliphatic carbocycles. The average Bonchev–Trinajstić information content (AvgIpc) is 1.85. The van der Waals surface area contributed by atoms with Crippen molar-refractivity contribution in [3.63, 3.8) is 0 Å². The second-order valence-corrected chi connectivity index (χ2v) is 1.83. The summed E-state index contributed by atoms with van der Waals surface area (Å²) >= 11 is 0. The molecule has 0 spiro atoms. The Bertz CT molecular complexity index is 118. The van der Waals surface area contributed by atoms with Gasteiger partial charge in [-0.05, 0) is 0 Å². The molecule has 0 saturated carbocycles. The van der Waals surface area contributed by atoms with E-state index < -0.39 is 19.0 Å². The summed E-state index contributed by atoms with van der Waals surface area (Å²) in [4.78, 5) is 11.5. The van der Waals surface area contributed by atoms with Crippen LogP contribution in [0.4, 0.5) is 13.6 Å². The molecule has 0 aliphatic heterocycles. The van der Waals surface area contributed by atoms with Crippen LogP contribution in [0.3, 0.4) is 0 Å². The number of carbonyl (C=O) groups is 1. The molecule has 0 rings (SSSR count). The summed E-state index contributed by atoms with van der Waals surface area (Å²) in [5.74, 6) is 0.